The molecule has 0 saturated carbocycles. The topological polar surface area (TPSA) is 45.7 Å². The number of benzene rings is 2. The fourth-order valence-corrected chi connectivity index (χ4v) is 2.51. The van der Waals surface area contributed by atoms with Crippen LogP contribution in [0.4, 0.5) is 18.9 Å². The maximum absolute atomic E-state index is 13.5. The fourth-order valence-electron chi connectivity index (χ4n) is 2.51. The van der Waals surface area contributed by atoms with E-state index in [1.165, 1.54) is 12.1 Å². The van der Waals surface area contributed by atoms with Gasteiger partial charge in [-0.15, -0.1) is 0 Å². The molecule has 0 radical (unpaired) electrons. The molecule has 3 N–H and O–H groups in total. The van der Waals surface area contributed by atoms with Crippen LogP contribution in [-0.2, 0) is 4.79 Å². The highest BCUT2D eigenvalue weighted by atomic mass is 19.1. The Hall–Kier alpha value is -2.34. The SMILES string of the molecule is CC(C)[C@H]([NH2+]CC(=O)Nc1cc(F)ccc1F)c1ccc(F)cc1. The summed E-state index contributed by atoms with van der Waals surface area (Å²) in [5, 5.41) is 4.16. The second-order valence-corrected chi connectivity index (χ2v) is 5.93. The second kappa shape index (κ2) is 7.97. The fraction of sp³-hybridized carbons (Fsp3) is 0.278. The number of rotatable bonds is 6. The van der Waals surface area contributed by atoms with Gasteiger partial charge in [0.1, 0.15) is 23.5 Å². The van der Waals surface area contributed by atoms with Crippen molar-refractivity contribution in [2.45, 2.75) is 19.9 Å². The number of anilines is 1. The zero-order valence-electron chi connectivity index (χ0n) is 13.5. The summed E-state index contributed by atoms with van der Waals surface area (Å²) in [6.45, 7) is 4.03. The van der Waals surface area contributed by atoms with Gasteiger partial charge in [0.25, 0.3) is 5.91 Å². The van der Waals surface area contributed by atoms with E-state index in [0.29, 0.717) is 0 Å². The summed E-state index contributed by atoms with van der Waals surface area (Å²) < 4.78 is 39.7. The first kappa shape index (κ1) is 18.0. The average Bonchev–Trinajstić information content (AvgIpc) is 2.52. The van der Waals surface area contributed by atoms with E-state index in [9.17, 15) is 18.0 Å². The number of amides is 1. The van der Waals surface area contributed by atoms with E-state index in [2.05, 4.69) is 5.32 Å². The highest BCUT2D eigenvalue weighted by molar-refractivity contribution is 5.91. The lowest BCUT2D eigenvalue weighted by molar-refractivity contribution is -0.692. The van der Waals surface area contributed by atoms with Gasteiger partial charge in [-0.05, 0) is 24.3 Å². The van der Waals surface area contributed by atoms with Crippen molar-refractivity contribution in [2.24, 2.45) is 5.92 Å². The van der Waals surface area contributed by atoms with Gasteiger partial charge >= 0.3 is 0 Å². The first-order valence-corrected chi connectivity index (χ1v) is 7.70. The van der Waals surface area contributed by atoms with Crippen LogP contribution in [0.1, 0.15) is 25.5 Å². The summed E-state index contributed by atoms with van der Waals surface area (Å²) in [5.41, 5.74) is 0.715. The van der Waals surface area contributed by atoms with Crippen LogP contribution in [0.5, 0.6) is 0 Å². The van der Waals surface area contributed by atoms with Crippen molar-refractivity contribution >= 4 is 11.6 Å². The van der Waals surface area contributed by atoms with Crippen LogP contribution in [0.25, 0.3) is 0 Å². The van der Waals surface area contributed by atoms with Crippen molar-refractivity contribution in [3.8, 4) is 0 Å². The lowest BCUT2D eigenvalue weighted by atomic mass is 9.96. The van der Waals surface area contributed by atoms with Crippen LogP contribution in [0.3, 0.4) is 0 Å². The minimum Gasteiger partial charge on any atom is -0.332 e. The Morgan fingerprint density at radius 1 is 1.04 bits per heavy atom. The molecule has 1 amide bonds. The van der Waals surface area contributed by atoms with Crippen LogP contribution in [-0.4, -0.2) is 12.5 Å². The molecule has 0 spiro atoms. The molecule has 0 saturated heterocycles. The molecule has 24 heavy (non-hydrogen) atoms. The Morgan fingerprint density at radius 3 is 2.29 bits per heavy atom. The van der Waals surface area contributed by atoms with Gasteiger partial charge in [0.15, 0.2) is 6.54 Å². The molecule has 0 bridgehead atoms. The first-order chi connectivity index (χ1) is 11.4. The molecule has 2 rings (SSSR count). The lowest BCUT2D eigenvalue weighted by Gasteiger charge is -2.19. The molecule has 0 heterocycles. The Labute approximate surface area is 138 Å². The largest absolute Gasteiger partial charge is 0.332 e. The summed E-state index contributed by atoms with van der Waals surface area (Å²) in [4.78, 5) is 12.0. The van der Waals surface area contributed by atoms with Crippen LogP contribution in [0, 0.1) is 23.4 Å². The third-order valence-electron chi connectivity index (χ3n) is 3.73. The Bertz CT molecular complexity index is 702. The van der Waals surface area contributed by atoms with Gasteiger partial charge in [-0.1, -0.05) is 26.0 Å². The molecular formula is C18H20F3N2O+. The van der Waals surface area contributed by atoms with E-state index in [-0.39, 0.29) is 30.0 Å². The van der Waals surface area contributed by atoms with Gasteiger partial charge in [0.05, 0.1) is 5.69 Å². The summed E-state index contributed by atoms with van der Waals surface area (Å²) >= 11 is 0. The molecule has 1 atom stereocenters. The predicted octanol–water partition coefficient (Wildman–Crippen LogP) is 3.00. The minimum atomic E-state index is -0.691. The summed E-state index contributed by atoms with van der Waals surface area (Å²) in [6.07, 6.45) is 0. The van der Waals surface area contributed by atoms with E-state index in [1.807, 2.05) is 13.8 Å². The van der Waals surface area contributed by atoms with Gasteiger partial charge in [0.2, 0.25) is 0 Å². The van der Waals surface area contributed by atoms with Gasteiger partial charge < -0.3 is 10.6 Å². The molecule has 0 aliphatic rings. The molecular weight excluding hydrogens is 317 g/mol. The molecule has 2 aromatic rings. The maximum atomic E-state index is 13.5. The molecule has 0 aliphatic carbocycles. The summed E-state index contributed by atoms with van der Waals surface area (Å²) in [6, 6.07) is 8.95. The smallest absolute Gasteiger partial charge is 0.279 e. The van der Waals surface area contributed by atoms with E-state index in [4.69, 9.17) is 0 Å². The van der Waals surface area contributed by atoms with Gasteiger partial charge in [-0.25, -0.2) is 13.2 Å². The monoisotopic (exact) mass is 337 g/mol. The Balaban J connectivity index is 2.00. The molecule has 128 valence electrons. The summed E-state index contributed by atoms with van der Waals surface area (Å²) in [7, 11) is 0. The minimum absolute atomic E-state index is 0.0379. The predicted molar refractivity (Wildman–Crippen MR) is 85.8 cm³/mol. The van der Waals surface area contributed by atoms with Gasteiger partial charge in [0, 0.05) is 17.5 Å². The highest BCUT2D eigenvalue weighted by Crippen LogP contribution is 2.18. The molecule has 0 aromatic heterocycles. The molecule has 3 nitrogen and oxygen atoms in total. The van der Waals surface area contributed by atoms with Crippen LogP contribution < -0.4 is 10.6 Å². The molecule has 0 aliphatic heterocycles. The van der Waals surface area contributed by atoms with E-state index < -0.39 is 17.5 Å². The van der Waals surface area contributed by atoms with Gasteiger partial charge in [-0.2, -0.15) is 0 Å². The molecule has 2 aromatic carbocycles. The third kappa shape index (κ3) is 4.83. The third-order valence-corrected chi connectivity index (χ3v) is 3.73. The van der Waals surface area contributed by atoms with Crippen LogP contribution >= 0.6 is 0 Å². The number of carbonyl (C=O) groups excluding carboxylic acids is 1. The van der Waals surface area contributed by atoms with Crippen molar-refractivity contribution in [1.82, 2.24) is 0 Å². The Morgan fingerprint density at radius 2 is 1.67 bits per heavy atom. The first-order valence-electron chi connectivity index (χ1n) is 7.70. The van der Waals surface area contributed by atoms with E-state index in [1.54, 1.807) is 17.4 Å². The average molecular weight is 337 g/mol. The van der Waals surface area contributed by atoms with Crippen molar-refractivity contribution in [1.29, 1.82) is 0 Å². The molecule has 6 heteroatoms. The lowest BCUT2D eigenvalue weighted by Crippen LogP contribution is -2.88. The number of halogens is 3. The highest BCUT2D eigenvalue weighted by Gasteiger charge is 2.21. The molecule has 0 fully saturated rings. The maximum Gasteiger partial charge on any atom is 0.279 e. The number of carbonyl (C=O) groups is 1. The van der Waals surface area contributed by atoms with E-state index in [0.717, 1.165) is 23.8 Å². The number of hydrogen-bond donors (Lipinski definition) is 2. The van der Waals surface area contributed by atoms with Crippen molar-refractivity contribution in [2.75, 3.05) is 11.9 Å². The Kier molecular flexibility index (Phi) is 5.98. The molecule has 0 unspecified atom stereocenters. The normalized spacial score (nSPS) is 12.2. The van der Waals surface area contributed by atoms with E-state index >= 15 is 0 Å². The zero-order valence-corrected chi connectivity index (χ0v) is 13.5. The van der Waals surface area contributed by atoms with Crippen molar-refractivity contribution in [3.05, 3.63) is 65.5 Å². The van der Waals surface area contributed by atoms with Gasteiger partial charge in [-0.3, -0.25) is 4.79 Å². The van der Waals surface area contributed by atoms with Crippen molar-refractivity contribution in [3.63, 3.8) is 0 Å². The van der Waals surface area contributed by atoms with Crippen molar-refractivity contribution < 1.29 is 23.3 Å². The van der Waals surface area contributed by atoms with Crippen LogP contribution in [0.15, 0.2) is 42.5 Å². The van der Waals surface area contributed by atoms with Crippen LogP contribution in [0.2, 0.25) is 0 Å². The standard InChI is InChI=1S/C18H19F3N2O/c1-11(2)18(12-3-5-13(19)6-4-12)22-10-17(24)23-16-9-14(20)7-8-15(16)21/h3-9,11,18,22H,10H2,1-2H3,(H,23,24)/p+1/t18-/m0/s1. The zero-order chi connectivity index (χ0) is 17.7. The quantitative estimate of drug-likeness (QED) is 0.836. The number of nitrogens with one attached hydrogen (secondary N) is 1. The number of hydrogen-bond acceptors (Lipinski definition) is 1. The number of quaternary nitrogens is 1. The summed E-state index contributed by atoms with van der Waals surface area (Å²) in [5.74, 6) is -1.87. The number of nitrogens with two attached hydrogens (primary N) is 1. The second-order valence-electron chi connectivity index (χ2n) is 5.93.